The summed E-state index contributed by atoms with van der Waals surface area (Å²) in [5.74, 6) is 0.506. The Kier molecular flexibility index (Phi) is 8.04. The highest BCUT2D eigenvalue weighted by Gasteiger charge is 2.18. The van der Waals surface area contributed by atoms with Crippen molar-refractivity contribution in [3.8, 4) is 5.75 Å². The van der Waals surface area contributed by atoms with Gasteiger partial charge in [-0.1, -0.05) is 66.2 Å². The number of hydrogen-bond donors (Lipinski definition) is 1. The molecule has 6 heteroatoms. The van der Waals surface area contributed by atoms with Crippen LogP contribution in [0.15, 0.2) is 103 Å². The molecule has 0 atom stereocenters. The summed E-state index contributed by atoms with van der Waals surface area (Å²) in [4.78, 5) is 17.7. The van der Waals surface area contributed by atoms with Crippen molar-refractivity contribution in [1.82, 2.24) is 4.90 Å². The summed E-state index contributed by atoms with van der Waals surface area (Å²) in [7, 11) is 0. The molecule has 1 heterocycles. The third-order valence-electron chi connectivity index (χ3n) is 6.56. The van der Waals surface area contributed by atoms with E-state index in [1.54, 1.807) is 12.1 Å². The number of anilines is 2. The summed E-state index contributed by atoms with van der Waals surface area (Å²) < 4.78 is 5.87. The first-order chi connectivity index (χ1) is 18.1. The van der Waals surface area contributed by atoms with Gasteiger partial charge < -0.3 is 15.0 Å². The van der Waals surface area contributed by atoms with Gasteiger partial charge in [0.05, 0.1) is 0 Å². The fraction of sp³-hybridized carbons (Fsp3) is 0.194. The maximum atomic E-state index is 12.8. The lowest BCUT2D eigenvalue weighted by Gasteiger charge is -2.36. The molecule has 1 amide bonds. The number of ether oxygens (including phenoxy) is 1. The minimum Gasteiger partial charge on any atom is -0.489 e. The molecular weight excluding hydrogens is 482 g/mol. The smallest absolute Gasteiger partial charge is 0.255 e. The monoisotopic (exact) mass is 511 g/mol. The van der Waals surface area contributed by atoms with Crippen molar-refractivity contribution < 1.29 is 9.53 Å². The van der Waals surface area contributed by atoms with Crippen LogP contribution in [-0.2, 0) is 13.2 Å². The summed E-state index contributed by atoms with van der Waals surface area (Å²) >= 11 is 6.33. The Morgan fingerprint density at radius 1 is 0.811 bits per heavy atom. The molecule has 0 radical (unpaired) electrons. The van der Waals surface area contributed by atoms with Crippen molar-refractivity contribution >= 4 is 28.9 Å². The van der Waals surface area contributed by atoms with Gasteiger partial charge in [0.2, 0.25) is 0 Å². The molecule has 4 aromatic rings. The molecule has 37 heavy (non-hydrogen) atoms. The lowest BCUT2D eigenvalue weighted by molar-refractivity contribution is 0.102. The average molecular weight is 512 g/mol. The van der Waals surface area contributed by atoms with Gasteiger partial charge in [-0.25, -0.2) is 0 Å². The molecule has 1 N–H and O–H groups in total. The van der Waals surface area contributed by atoms with Crippen molar-refractivity contribution in [2.24, 2.45) is 0 Å². The van der Waals surface area contributed by atoms with Gasteiger partial charge in [-0.05, 0) is 59.7 Å². The van der Waals surface area contributed by atoms with E-state index in [9.17, 15) is 4.79 Å². The van der Waals surface area contributed by atoms with E-state index in [-0.39, 0.29) is 5.91 Å². The zero-order valence-corrected chi connectivity index (χ0v) is 21.4. The van der Waals surface area contributed by atoms with E-state index in [1.165, 1.54) is 5.56 Å². The highest BCUT2D eigenvalue weighted by Crippen LogP contribution is 2.23. The molecule has 0 saturated carbocycles. The van der Waals surface area contributed by atoms with Crippen LogP contribution >= 0.6 is 11.6 Å². The predicted octanol–water partition coefficient (Wildman–Crippen LogP) is 6.49. The first-order valence-corrected chi connectivity index (χ1v) is 12.9. The molecule has 188 valence electrons. The molecule has 0 aliphatic carbocycles. The van der Waals surface area contributed by atoms with E-state index in [1.807, 2.05) is 72.8 Å². The molecule has 0 aromatic heterocycles. The second-order valence-corrected chi connectivity index (χ2v) is 9.56. The summed E-state index contributed by atoms with van der Waals surface area (Å²) in [6, 6.07) is 33.3. The van der Waals surface area contributed by atoms with Crippen molar-refractivity contribution in [1.29, 1.82) is 0 Å². The maximum absolute atomic E-state index is 12.8. The quantitative estimate of drug-likeness (QED) is 0.293. The normalized spacial score (nSPS) is 13.8. The van der Waals surface area contributed by atoms with Crippen molar-refractivity contribution in [3.63, 3.8) is 0 Å². The molecule has 5 rings (SSSR count). The first-order valence-electron chi connectivity index (χ1n) is 12.5. The minimum absolute atomic E-state index is 0.161. The Morgan fingerprint density at radius 2 is 1.54 bits per heavy atom. The SMILES string of the molecule is O=C(Nc1ccc(N2CCN(Cc3ccccc3Cl)CC2)cc1)c1cccc(OCc2ccccc2)c1. The number of nitrogens with one attached hydrogen (secondary N) is 1. The van der Waals surface area contributed by atoms with E-state index in [4.69, 9.17) is 16.3 Å². The van der Waals surface area contributed by atoms with Gasteiger partial charge in [-0.3, -0.25) is 9.69 Å². The van der Waals surface area contributed by atoms with Crippen LogP contribution in [0.3, 0.4) is 0 Å². The number of carbonyl (C=O) groups excluding carboxylic acids is 1. The lowest BCUT2D eigenvalue weighted by atomic mass is 10.1. The second-order valence-electron chi connectivity index (χ2n) is 9.16. The van der Waals surface area contributed by atoms with Crippen LogP contribution in [0.25, 0.3) is 0 Å². The number of amides is 1. The van der Waals surface area contributed by atoms with Gasteiger partial charge in [0.25, 0.3) is 5.91 Å². The number of halogens is 1. The van der Waals surface area contributed by atoms with Crippen LogP contribution in [0.5, 0.6) is 5.75 Å². The van der Waals surface area contributed by atoms with Crippen molar-refractivity contribution in [2.45, 2.75) is 13.2 Å². The third-order valence-corrected chi connectivity index (χ3v) is 6.93. The number of carbonyl (C=O) groups is 1. The van der Waals surface area contributed by atoms with Crippen LogP contribution < -0.4 is 15.0 Å². The fourth-order valence-corrected chi connectivity index (χ4v) is 4.65. The summed E-state index contributed by atoms with van der Waals surface area (Å²) in [6.45, 7) is 5.19. The molecular formula is C31H30ClN3O2. The van der Waals surface area contributed by atoms with E-state index in [0.29, 0.717) is 17.9 Å². The standard InChI is InChI=1S/C31H30ClN3O2/c32-30-12-5-4-9-26(30)22-34-17-19-35(20-18-34)28-15-13-27(14-16-28)33-31(36)25-10-6-11-29(21-25)37-23-24-7-2-1-3-8-24/h1-16,21H,17-20,22-23H2,(H,33,36). The Labute approximate surface area is 223 Å². The second kappa shape index (κ2) is 12.0. The van der Waals surface area contributed by atoms with Crippen LogP contribution in [0, 0.1) is 0 Å². The topological polar surface area (TPSA) is 44.8 Å². The molecule has 4 aromatic carbocycles. The van der Waals surface area contributed by atoms with Crippen LogP contribution in [0.4, 0.5) is 11.4 Å². The summed E-state index contributed by atoms with van der Waals surface area (Å²) in [6.07, 6.45) is 0. The Hall–Kier alpha value is -3.80. The largest absolute Gasteiger partial charge is 0.489 e. The average Bonchev–Trinajstić information content (AvgIpc) is 2.95. The molecule has 0 unspecified atom stereocenters. The van der Waals surface area contributed by atoms with Gasteiger partial charge in [0, 0.05) is 54.7 Å². The number of rotatable bonds is 8. The van der Waals surface area contributed by atoms with E-state index < -0.39 is 0 Å². The zero-order chi connectivity index (χ0) is 25.5. The predicted molar refractivity (Wildman–Crippen MR) is 151 cm³/mol. The maximum Gasteiger partial charge on any atom is 0.255 e. The molecule has 1 aliphatic heterocycles. The van der Waals surface area contributed by atoms with E-state index >= 15 is 0 Å². The van der Waals surface area contributed by atoms with Gasteiger partial charge >= 0.3 is 0 Å². The molecule has 0 spiro atoms. The summed E-state index contributed by atoms with van der Waals surface area (Å²) in [5.41, 5.74) is 4.74. The van der Waals surface area contributed by atoms with Crippen molar-refractivity contribution in [2.75, 3.05) is 36.4 Å². The molecule has 5 nitrogen and oxygen atoms in total. The van der Waals surface area contributed by atoms with Crippen LogP contribution in [0.2, 0.25) is 5.02 Å². The Balaban J connectivity index is 1.13. The molecule has 0 bridgehead atoms. The first kappa shape index (κ1) is 24.9. The number of piperazine rings is 1. The highest BCUT2D eigenvalue weighted by atomic mass is 35.5. The van der Waals surface area contributed by atoms with Gasteiger partial charge in [-0.15, -0.1) is 0 Å². The highest BCUT2D eigenvalue weighted by molar-refractivity contribution is 6.31. The van der Waals surface area contributed by atoms with Crippen molar-refractivity contribution in [3.05, 3.63) is 125 Å². The third kappa shape index (κ3) is 6.70. The Morgan fingerprint density at radius 3 is 2.30 bits per heavy atom. The lowest BCUT2D eigenvalue weighted by Crippen LogP contribution is -2.46. The van der Waals surface area contributed by atoms with Gasteiger partial charge in [0.15, 0.2) is 0 Å². The number of hydrogen-bond acceptors (Lipinski definition) is 4. The summed E-state index contributed by atoms with van der Waals surface area (Å²) in [5, 5.41) is 3.82. The molecule has 1 fully saturated rings. The van der Waals surface area contributed by atoms with E-state index in [0.717, 1.165) is 54.7 Å². The Bertz CT molecular complexity index is 1320. The van der Waals surface area contributed by atoms with Gasteiger partial charge in [-0.2, -0.15) is 0 Å². The zero-order valence-electron chi connectivity index (χ0n) is 20.6. The fourth-order valence-electron chi connectivity index (χ4n) is 4.46. The van der Waals surface area contributed by atoms with Gasteiger partial charge in [0.1, 0.15) is 12.4 Å². The number of nitrogens with zero attached hydrogens (tertiary/aromatic N) is 2. The molecule has 1 aliphatic rings. The van der Waals surface area contributed by atoms with E-state index in [2.05, 4.69) is 33.3 Å². The molecule has 1 saturated heterocycles. The number of benzene rings is 4. The minimum atomic E-state index is -0.161. The van der Waals surface area contributed by atoms with Crippen LogP contribution in [0.1, 0.15) is 21.5 Å². The van der Waals surface area contributed by atoms with Crippen LogP contribution in [-0.4, -0.2) is 37.0 Å².